The fourth-order valence-corrected chi connectivity index (χ4v) is 4.38. The van der Waals surface area contributed by atoms with Crippen LogP contribution in [0.2, 0.25) is 0 Å². The van der Waals surface area contributed by atoms with Crippen molar-refractivity contribution >= 4 is 23.3 Å². The average Bonchev–Trinajstić information content (AvgIpc) is 2.81. The lowest BCUT2D eigenvalue weighted by molar-refractivity contribution is 0.585. The van der Waals surface area contributed by atoms with Gasteiger partial charge in [0.2, 0.25) is 11.1 Å². The molecule has 0 spiro atoms. The lowest BCUT2D eigenvalue weighted by Gasteiger charge is -2.18. The van der Waals surface area contributed by atoms with Crippen LogP contribution in [-0.4, -0.2) is 9.13 Å². The van der Waals surface area contributed by atoms with E-state index in [0.29, 0.717) is 11.4 Å². The van der Waals surface area contributed by atoms with Gasteiger partial charge >= 0.3 is 0 Å². The summed E-state index contributed by atoms with van der Waals surface area (Å²) in [6.07, 6.45) is 0. The molecule has 5 nitrogen and oxygen atoms in total. The van der Waals surface area contributed by atoms with Crippen molar-refractivity contribution in [3.8, 4) is 22.7 Å². The number of aromatic nitrogens is 2. The quantitative estimate of drug-likeness (QED) is 0.327. The summed E-state index contributed by atoms with van der Waals surface area (Å²) in [6.45, 7) is 3.85. The highest BCUT2D eigenvalue weighted by molar-refractivity contribution is 7.71. The van der Waals surface area contributed by atoms with Crippen molar-refractivity contribution in [1.82, 2.24) is 9.13 Å². The highest BCUT2D eigenvalue weighted by atomic mass is 32.1. The van der Waals surface area contributed by atoms with Gasteiger partial charge in [-0.2, -0.15) is 0 Å². The molecule has 2 heterocycles. The molecule has 5 aromatic rings. The summed E-state index contributed by atoms with van der Waals surface area (Å²) in [5.74, 6) is 0.373. The van der Waals surface area contributed by atoms with Crippen LogP contribution in [0, 0.1) is 18.6 Å². The molecule has 0 saturated heterocycles. The first-order valence-electron chi connectivity index (χ1n) is 10.5. The van der Waals surface area contributed by atoms with Crippen molar-refractivity contribution in [3.05, 3.63) is 121 Å². The maximum atomic E-state index is 13.7. The van der Waals surface area contributed by atoms with Crippen molar-refractivity contribution in [1.29, 1.82) is 0 Å². The second kappa shape index (κ2) is 8.15. The Hall–Kier alpha value is -4.03. The summed E-state index contributed by atoms with van der Waals surface area (Å²) in [4.78, 5) is 27.0. The first kappa shape index (κ1) is 20.8. The molecule has 5 rings (SSSR count). The highest BCUT2D eigenvalue weighted by Crippen LogP contribution is 2.25. The Kier molecular flexibility index (Phi) is 5.15. The summed E-state index contributed by atoms with van der Waals surface area (Å²) in [5, 5.41) is -0.0465. The minimum absolute atomic E-state index is 0.0465. The van der Waals surface area contributed by atoms with Crippen LogP contribution in [0.4, 0.5) is 0 Å². The van der Waals surface area contributed by atoms with Crippen LogP contribution in [0.1, 0.15) is 11.1 Å². The lowest BCUT2D eigenvalue weighted by Crippen LogP contribution is -2.28. The predicted octanol–water partition coefficient (Wildman–Crippen LogP) is 5.75. The second-order valence-corrected chi connectivity index (χ2v) is 8.22. The normalized spacial score (nSPS) is 11.1. The fraction of sp³-hybridized carbons (Fsp3) is 0.0741. The lowest BCUT2D eigenvalue weighted by atomic mass is 10.1. The number of aryl methyl sites for hydroxylation is 2. The second-order valence-electron chi connectivity index (χ2n) is 7.85. The summed E-state index contributed by atoms with van der Waals surface area (Å²) in [6, 6.07) is 25.8. The van der Waals surface area contributed by atoms with Crippen LogP contribution in [0.25, 0.3) is 33.8 Å². The number of para-hydroxylation sites is 2. The third-order valence-corrected chi connectivity index (χ3v) is 6.07. The van der Waals surface area contributed by atoms with Crippen molar-refractivity contribution in [3.63, 3.8) is 0 Å². The monoisotopic (exact) mass is 452 g/mol. The summed E-state index contributed by atoms with van der Waals surface area (Å²) in [5.41, 5.74) is 3.12. The molecule has 0 N–H and O–H groups in total. The van der Waals surface area contributed by atoms with Gasteiger partial charge in [-0.25, -0.2) is 0 Å². The Balaban J connectivity index is 2.00. The van der Waals surface area contributed by atoms with E-state index in [4.69, 9.17) is 16.6 Å². The van der Waals surface area contributed by atoms with Gasteiger partial charge in [-0.1, -0.05) is 66.7 Å². The predicted molar refractivity (Wildman–Crippen MR) is 133 cm³/mol. The van der Waals surface area contributed by atoms with Crippen molar-refractivity contribution in [2.45, 2.75) is 13.8 Å². The van der Waals surface area contributed by atoms with Gasteiger partial charge in [-0.3, -0.25) is 18.7 Å². The van der Waals surface area contributed by atoms with E-state index in [2.05, 4.69) is 0 Å². The van der Waals surface area contributed by atoms with Gasteiger partial charge < -0.3 is 4.42 Å². The number of fused-ring (bicyclic) bond motifs is 1. The fourth-order valence-electron chi connectivity index (χ4n) is 4.02. The van der Waals surface area contributed by atoms with Crippen molar-refractivity contribution in [2.24, 2.45) is 0 Å². The van der Waals surface area contributed by atoms with E-state index in [0.717, 1.165) is 22.4 Å². The molecule has 0 aliphatic heterocycles. The summed E-state index contributed by atoms with van der Waals surface area (Å²) >= 11 is 5.86. The van der Waals surface area contributed by atoms with Crippen molar-refractivity contribution < 1.29 is 4.42 Å². The minimum Gasteiger partial charge on any atom is -0.439 e. The minimum atomic E-state index is -0.498. The molecular weight excluding hydrogens is 432 g/mol. The number of rotatable bonds is 3. The molecule has 0 saturated carbocycles. The SMILES string of the molecule is Cc1ccccc1-n1c(=O)c2c(=O)cc(-c3ccccc3)oc2n(-c2ccccc2C)c1=S. The molecule has 6 heteroatoms. The standard InChI is InChI=1S/C27H20N2O3S/c1-17-10-6-8-14-20(17)28-25(31)24-22(30)16-23(19-12-4-3-5-13-19)32-26(24)29(27(28)33)21-15-9-7-11-18(21)2/h3-16H,1-2H3. The Morgan fingerprint density at radius 2 is 1.27 bits per heavy atom. The average molecular weight is 453 g/mol. The maximum absolute atomic E-state index is 13.7. The zero-order valence-electron chi connectivity index (χ0n) is 18.1. The van der Waals surface area contributed by atoms with Crippen molar-refractivity contribution in [2.75, 3.05) is 0 Å². The molecule has 2 aromatic heterocycles. The molecule has 33 heavy (non-hydrogen) atoms. The van der Waals surface area contributed by atoms with E-state index < -0.39 is 11.0 Å². The molecule has 0 bridgehead atoms. The van der Waals surface area contributed by atoms with Crippen LogP contribution in [-0.2, 0) is 0 Å². The van der Waals surface area contributed by atoms with Crippen LogP contribution >= 0.6 is 12.2 Å². The number of nitrogens with zero attached hydrogens (tertiary/aromatic N) is 2. The molecule has 0 atom stereocenters. The maximum Gasteiger partial charge on any atom is 0.274 e. The van der Waals surface area contributed by atoms with Gasteiger partial charge in [0.1, 0.15) is 11.1 Å². The van der Waals surface area contributed by atoms with Crippen LogP contribution in [0.15, 0.2) is 98.9 Å². The molecule has 0 aliphatic rings. The smallest absolute Gasteiger partial charge is 0.274 e. The molecule has 0 fully saturated rings. The van der Waals surface area contributed by atoms with E-state index in [1.165, 1.54) is 10.6 Å². The Morgan fingerprint density at radius 3 is 1.88 bits per heavy atom. The first-order valence-corrected chi connectivity index (χ1v) is 10.9. The summed E-state index contributed by atoms with van der Waals surface area (Å²) in [7, 11) is 0. The van der Waals surface area contributed by atoms with E-state index >= 15 is 0 Å². The Bertz CT molecular complexity index is 1700. The molecule has 0 aliphatic carbocycles. The number of hydrogen-bond acceptors (Lipinski definition) is 4. The molecule has 162 valence electrons. The van der Waals surface area contributed by atoms with E-state index in [9.17, 15) is 9.59 Å². The van der Waals surface area contributed by atoms with E-state index in [-0.39, 0.29) is 15.9 Å². The first-order chi connectivity index (χ1) is 16.0. The zero-order chi connectivity index (χ0) is 23.1. The van der Waals surface area contributed by atoms with Gasteiger partial charge in [0.15, 0.2) is 4.77 Å². The Labute approximate surface area is 194 Å². The van der Waals surface area contributed by atoms with Crippen LogP contribution in [0.3, 0.4) is 0 Å². The molecule has 0 unspecified atom stereocenters. The van der Waals surface area contributed by atoms with Gasteiger partial charge in [-0.05, 0) is 49.3 Å². The topological polar surface area (TPSA) is 57.1 Å². The highest BCUT2D eigenvalue weighted by Gasteiger charge is 2.21. The molecule has 0 amide bonds. The van der Waals surface area contributed by atoms with Gasteiger partial charge in [0.25, 0.3) is 5.56 Å². The van der Waals surface area contributed by atoms with Gasteiger partial charge in [0, 0.05) is 11.6 Å². The molecular formula is C27H20N2O3S. The third-order valence-electron chi connectivity index (χ3n) is 5.70. The van der Waals surface area contributed by atoms with Crippen LogP contribution in [0.5, 0.6) is 0 Å². The third kappa shape index (κ3) is 3.45. The zero-order valence-corrected chi connectivity index (χ0v) is 18.9. The van der Waals surface area contributed by atoms with Gasteiger partial charge in [0.05, 0.1) is 11.4 Å². The van der Waals surface area contributed by atoms with E-state index in [1.54, 1.807) is 4.57 Å². The molecule has 0 radical (unpaired) electrons. The summed E-state index contributed by atoms with van der Waals surface area (Å²) < 4.78 is 9.56. The number of benzene rings is 3. The van der Waals surface area contributed by atoms with E-state index in [1.807, 2.05) is 92.7 Å². The molecule has 3 aromatic carbocycles. The largest absolute Gasteiger partial charge is 0.439 e. The number of hydrogen-bond donors (Lipinski definition) is 0. The van der Waals surface area contributed by atoms with Gasteiger partial charge in [-0.15, -0.1) is 0 Å². The van der Waals surface area contributed by atoms with Crippen LogP contribution < -0.4 is 11.0 Å². The Morgan fingerprint density at radius 1 is 0.727 bits per heavy atom.